The van der Waals surface area contributed by atoms with Crippen molar-refractivity contribution in [3.63, 3.8) is 0 Å². The summed E-state index contributed by atoms with van der Waals surface area (Å²) < 4.78 is 22.1. The van der Waals surface area contributed by atoms with Crippen molar-refractivity contribution in [2.75, 3.05) is 11.9 Å². The largest absolute Gasteiger partial charge is 0.487 e. The normalized spacial score (nSPS) is 20.0. The number of rotatable bonds is 5. The molecule has 4 rings (SSSR count). The van der Waals surface area contributed by atoms with Gasteiger partial charge in [-0.15, -0.1) is 0 Å². The summed E-state index contributed by atoms with van der Waals surface area (Å²) in [5.74, 6) is -0.0855. The van der Waals surface area contributed by atoms with Crippen molar-refractivity contribution in [3.05, 3.63) is 29.3 Å². The summed E-state index contributed by atoms with van der Waals surface area (Å²) in [6, 6.07) is 2.06. The predicted octanol–water partition coefficient (Wildman–Crippen LogP) is 2.56. The Labute approximate surface area is 165 Å². The number of nitrogens with one attached hydrogen (secondary N) is 1. The number of likely N-dealkylation sites (tertiary alicyclic amines) is 1. The van der Waals surface area contributed by atoms with Gasteiger partial charge in [-0.2, -0.15) is 14.5 Å². The minimum absolute atomic E-state index is 0.0200. The van der Waals surface area contributed by atoms with Gasteiger partial charge in [-0.25, -0.2) is 0 Å². The van der Waals surface area contributed by atoms with E-state index in [0.29, 0.717) is 23.7 Å². The average molecular weight is 404 g/mol. The molecule has 0 radical (unpaired) electrons. The summed E-state index contributed by atoms with van der Waals surface area (Å²) >= 11 is 1.16. The quantitative estimate of drug-likeness (QED) is 0.704. The molecule has 1 aliphatic heterocycles. The van der Waals surface area contributed by atoms with Gasteiger partial charge in [0, 0.05) is 51.8 Å². The van der Waals surface area contributed by atoms with Gasteiger partial charge < -0.3 is 10.1 Å². The van der Waals surface area contributed by atoms with Crippen molar-refractivity contribution in [3.8, 4) is 5.75 Å². The summed E-state index contributed by atoms with van der Waals surface area (Å²) in [6.45, 7) is 4.57. The minimum Gasteiger partial charge on any atom is -0.487 e. The summed E-state index contributed by atoms with van der Waals surface area (Å²) in [5.41, 5.74) is 1.53. The number of aromatic nitrogens is 4. The Bertz CT molecular complexity index is 1020. The molecule has 148 valence electrons. The number of aryl methyl sites for hydroxylation is 1. The molecular formula is C18H21FN6O2S. The monoisotopic (exact) mass is 404 g/mol. The molecular weight excluding hydrogens is 383 g/mol. The van der Waals surface area contributed by atoms with Crippen LogP contribution in [-0.4, -0.2) is 49.2 Å². The highest BCUT2D eigenvalue weighted by atomic mass is 32.1. The van der Waals surface area contributed by atoms with E-state index in [0.717, 1.165) is 28.8 Å². The number of pyridine rings is 1. The molecule has 0 aliphatic carbocycles. The molecule has 0 bridgehead atoms. The summed E-state index contributed by atoms with van der Waals surface area (Å²) in [5, 5.41) is 7.24. The number of anilines is 1. The minimum atomic E-state index is -0.533. The third-order valence-electron chi connectivity index (χ3n) is 4.72. The smallest absolute Gasteiger partial charge is 0.230 e. The van der Waals surface area contributed by atoms with Gasteiger partial charge in [-0.05, 0) is 6.92 Å². The third kappa shape index (κ3) is 3.83. The highest BCUT2D eigenvalue weighted by Gasteiger charge is 2.32. The number of amides is 1. The van der Waals surface area contributed by atoms with Crippen LogP contribution in [0.1, 0.15) is 25.1 Å². The molecule has 1 N–H and O–H groups in total. The van der Waals surface area contributed by atoms with E-state index >= 15 is 0 Å². The molecule has 1 fully saturated rings. The number of carbonyl (C=O) groups is 1. The fraction of sp³-hybridized carbons (Fsp3) is 0.444. The molecule has 2 atom stereocenters. The Hall–Kier alpha value is -2.59. The van der Waals surface area contributed by atoms with Crippen molar-refractivity contribution >= 4 is 33.4 Å². The zero-order chi connectivity index (χ0) is 19.8. The van der Waals surface area contributed by atoms with Crippen molar-refractivity contribution in [2.45, 2.75) is 39.0 Å². The van der Waals surface area contributed by atoms with E-state index in [4.69, 9.17) is 4.74 Å². The first-order chi connectivity index (χ1) is 13.4. The maximum Gasteiger partial charge on any atom is 0.230 e. The van der Waals surface area contributed by atoms with E-state index in [-0.39, 0.29) is 23.2 Å². The molecule has 1 amide bonds. The SMILES string of the molecule is CC(=O)Nc1nc(F)c(CN2CC(Oc3ccnc4cn(C)nc34)C[C@@H]2C)s1. The molecule has 3 aromatic heterocycles. The summed E-state index contributed by atoms with van der Waals surface area (Å²) in [7, 11) is 1.85. The molecule has 28 heavy (non-hydrogen) atoms. The van der Waals surface area contributed by atoms with Crippen LogP contribution in [-0.2, 0) is 18.4 Å². The fourth-order valence-electron chi connectivity index (χ4n) is 3.46. The second kappa shape index (κ2) is 7.44. The van der Waals surface area contributed by atoms with Gasteiger partial charge in [0.25, 0.3) is 0 Å². The first kappa shape index (κ1) is 18.8. The van der Waals surface area contributed by atoms with Crippen LogP contribution in [0.2, 0.25) is 0 Å². The Morgan fingerprint density at radius 1 is 1.50 bits per heavy atom. The van der Waals surface area contributed by atoms with Crippen molar-refractivity contribution in [1.29, 1.82) is 0 Å². The fourth-order valence-corrected chi connectivity index (χ4v) is 4.37. The van der Waals surface area contributed by atoms with Crippen LogP contribution in [0.5, 0.6) is 5.75 Å². The van der Waals surface area contributed by atoms with Gasteiger partial charge in [0.2, 0.25) is 11.9 Å². The van der Waals surface area contributed by atoms with Gasteiger partial charge in [0.1, 0.15) is 11.6 Å². The zero-order valence-corrected chi connectivity index (χ0v) is 16.7. The first-order valence-electron chi connectivity index (χ1n) is 9.01. The van der Waals surface area contributed by atoms with Crippen LogP contribution in [0, 0.1) is 5.95 Å². The number of hydrogen-bond acceptors (Lipinski definition) is 7. The van der Waals surface area contributed by atoms with Crippen LogP contribution >= 0.6 is 11.3 Å². The Kier molecular flexibility index (Phi) is 4.98. The molecule has 8 nitrogen and oxygen atoms in total. The lowest BCUT2D eigenvalue weighted by atomic mass is 10.2. The van der Waals surface area contributed by atoms with Gasteiger partial charge in [-0.3, -0.25) is 19.4 Å². The predicted molar refractivity (Wildman–Crippen MR) is 104 cm³/mol. The Balaban J connectivity index is 1.45. The second-order valence-corrected chi connectivity index (χ2v) is 8.10. The maximum absolute atomic E-state index is 14.1. The van der Waals surface area contributed by atoms with E-state index in [1.165, 1.54) is 6.92 Å². The zero-order valence-electron chi connectivity index (χ0n) is 15.8. The van der Waals surface area contributed by atoms with Crippen LogP contribution in [0.25, 0.3) is 11.0 Å². The van der Waals surface area contributed by atoms with Crippen molar-refractivity contribution in [2.24, 2.45) is 7.05 Å². The molecule has 10 heteroatoms. The highest BCUT2D eigenvalue weighted by Crippen LogP contribution is 2.30. The second-order valence-electron chi connectivity index (χ2n) is 7.01. The maximum atomic E-state index is 14.1. The van der Waals surface area contributed by atoms with Gasteiger partial charge in [0.05, 0.1) is 11.1 Å². The first-order valence-corrected chi connectivity index (χ1v) is 9.82. The molecule has 1 unspecified atom stereocenters. The lowest BCUT2D eigenvalue weighted by Gasteiger charge is -2.19. The van der Waals surface area contributed by atoms with Crippen LogP contribution in [0.15, 0.2) is 18.5 Å². The summed E-state index contributed by atoms with van der Waals surface area (Å²) in [4.78, 5) is 21.9. The molecule has 0 spiro atoms. The Morgan fingerprint density at radius 2 is 2.32 bits per heavy atom. The van der Waals surface area contributed by atoms with Crippen LogP contribution in [0.3, 0.4) is 0 Å². The molecule has 1 aliphatic rings. The molecule has 3 aromatic rings. The van der Waals surface area contributed by atoms with Crippen molar-refractivity contribution < 1.29 is 13.9 Å². The number of carbonyl (C=O) groups excluding carboxylic acids is 1. The topological polar surface area (TPSA) is 85.2 Å². The number of ether oxygens (including phenoxy) is 1. The van der Waals surface area contributed by atoms with Crippen molar-refractivity contribution in [1.82, 2.24) is 24.6 Å². The third-order valence-corrected chi connectivity index (χ3v) is 5.65. The molecule has 4 heterocycles. The van der Waals surface area contributed by atoms with Gasteiger partial charge in [0.15, 0.2) is 16.4 Å². The van der Waals surface area contributed by atoms with E-state index in [2.05, 4.69) is 32.2 Å². The number of thiazole rings is 1. The number of fused-ring (bicyclic) bond motifs is 1. The lowest BCUT2D eigenvalue weighted by molar-refractivity contribution is -0.114. The van der Waals surface area contributed by atoms with E-state index in [9.17, 15) is 9.18 Å². The van der Waals surface area contributed by atoms with Crippen LogP contribution in [0.4, 0.5) is 9.52 Å². The van der Waals surface area contributed by atoms with Crippen LogP contribution < -0.4 is 10.1 Å². The van der Waals surface area contributed by atoms with E-state index in [1.807, 2.05) is 19.3 Å². The molecule has 0 aromatic carbocycles. The van der Waals surface area contributed by atoms with Gasteiger partial charge in [-0.1, -0.05) is 11.3 Å². The standard InChI is InChI=1S/C18H21FN6O2S/c1-10-6-12(27-14-4-5-20-13-8-24(3)23-16(13)14)7-25(10)9-15-17(19)22-18(28-15)21-11(2)26/h4-5,8,10,12H,6-7,9H2,1-3H3,(H,21,22,26)/t10-,12?/m0/s1. The van der Waals surface area contributed by atoms with E-state index < -0.39 is 5.95 Å². The Morgan fingerprint density at radius 3 is 3.11 bits per heavy atom. The average Bonchev–Trinajstić information content (AvgIpc) is 3.25. The molecule has 0 saturated carbocycles. The molecule has 1 saturated heterocycles. The number of hydrogen-bond donors (Lipinski definition) is 1. The summed E-state index contributed by atoms with van der Waals surface area (Å²) in [6.07, 6.45) is 4.38. The lowest BCUT2D eigenvalue weighted by Crippen LogP contribution is -2.28. The number of nitrogens with zero attached hydrogens (tertiary/aromatic N) is 5. The van der Waals surface area contributed by atoms with E-state index in [1.54, 1.807) is 10.9 Å². The van der Waals surface area contributed by atoms with Gasteiger partial charge >= 0.3 is 0 Å². The number of halogens is 1. The highest BCUT2D eigenvalue weighted by molar-refractivity contribution is 7.15.